The first-order valence-electron chi connectivity index (χ1n) is 6.56. The molecule has 0 spiro atoms. The molecule has 0 bridgehead atoms. The molecule has 2 aromatic heterocycles. The summed E-state index contributed by atoms with van der Waals surface area (Å²) in [6, 6.07) is 13.2. The van der Waals surface area contributed by atoms with Crippen LogP contribution < -0.4 is 5.32 Å². The van der Waals surface area contributed by atoms with Crippen molar-refractivity contribution in [3.05, 3.63) is 53.9 Å². The van der Waals surface area contributed by atoms with E-state index < -0.39 is 0 Å². The van der Waals surface area contributed by atoms with Gasteiger partial charge in [0.2, 0.25) is 0 Å². The van der Waals surface area contributed by atoms with Crippen LogP contribution in [-0.2, 0) is 7.05 Å². The van der Waals surface area contributed by atoms with Crippen LogP contribution in [-0.4, -0.2) is 25.9 Å². The molecule has 2 N–H and O–H groups in total. The maximum atomic E-state index is 12.2. The van der Waals surface area contributed by atoms with Crippen LogP contribution in [0.1, 0.15) is 16.2 Å². The van der Waals surface area contributed by atoms with Crippen molar-refractivity contribution in [1.82, 2.24) is 20.0 Å². The molecule has 106 valence electrons. The molecule has 6 nitrogen and oxygen atoms in total. The molecule has 0 aliphatic heterocycles. The van der Waals surface area contributed by atoms with E-state index in [1.54, 1.807) is 17.8 Å². The lowest BCUT2D eigenvalue weighted by Gasteiger charge is -2.02. The Morgan fingerprint density at radius 2 is 2.00 bits per heavy atom. The number of rotatable bonds is 3. The maximum absolute atomic E-state index is 12.2. The van der Waals surface area contributed by atoms with Gasteiger partial charge in [-0.3, -0.25) is 14.6 Å². The Hall–Kier alpha value is -2.89. The standard InChI is InChI=1S/C15H15N5O/c1-10-8-14(20(2)19-10)16-15(21)13-9-12(17-18-13)11-6-4-3-5-7-11/h3-9H,1-2H3,(H,16,21)(H,17,18). The van der Waals surface area contributed by atoms with Crippen molar-refractivity contribution in [3.8, 4) is 11.3 Å². The van der Waals surface area contributed by atoms with Crippen LogP contribution in [0.2, 0.25) is 0 Å². The van der Waals surface area contributed by atoms with E-state index in [2.05, 4.69) is 20.6 Å². The summed E-state index contributed by atoms with van der Waals surface area (Å²) in [7, 11) is 1.78. The maximum Gasteiger partial charge on any atom is 0.274 e. The van der Waals surface area contributed by atoms with Gasteiger partial charge in [-0.25, -0.2) is 0 Å². The Labute approximate surface area is 121 Å². The van der Waals surface area contributed by atoms with E-state index in [0.717, 1.165) is 17.0 Å². The number of carbonyl (C=O) groups is 1. The number of H-pyrrole nitrogens is 1. The second-order valence-electron chi connectivity index (χ2n) is 4.78. The number of carbonyl (C=O) groups excluding carboxylic acids is 1. The Kier molecular flexibility index (Phi) is 3.27. The number of aromatic nitrogens is 4. The van der Waals surface area contributed by atoms with E-state index in [1.165, 1.54) is 0 Å². The summed E-state index contributed by atoms with van der Waals surface area (Å²) >= 11 is 0. The minimum absolute atomic E-state index is 0.243. The van der Waals surface area contributed by atoms with Crippen LogP contribution in [0.5, 0.6) is 0 Å². The number of benzene rings is 1. The smallest absolute Gasteiger partial charge is 0.274 e. The van der Waals surface area contributed by atoms with Crippen LogP contribution in [0.15, 0.2) is 42.5 Å². The van der Waals surface area contributed by atoms with Crippen LogP contribution in [0.3, 0.4) is 0 Å². The van der Waals surface area contributed by atoms with Crippen molar-refractivity contribution >= 4 is 11.7 Å². The molecule has 1 aromatic carbocycles. The molecular formula is C15H15N5O. The number of nitrogens with one attached hydrogen (secondary N) is 2. The monoisotopic (exact) mass is 281 g/mol. The molecule has 0 saturated carbocycles. The van der Waals surface area contributed by atoms with Crippen LogP contribution >= 0.6 is 0 Å². The highest BCUT2D eigenvalue weighted by molar-refractivity contribution is 6.03. The number of aromatic amines is 1. The van der Waals surface area contributed by atoms with Gasteiger partial charge in [-0.05, 0) is 13.0 Å². The quantitative estimate of drug-likeness (QED) is 0.774. The molecule has 0 radical (unpaired) electrons. The predicted molar refractivity (Wildman–Crippen MR) is 79.9 cm³/mol. The van der Waals surface area contributed by atoms with Crippen molar-refractivity contribution in [1.29, 1.82) is 0 Å². The largest absolute Gasteiger partial charge is 0.305 e. The first kappa shape index (κ1) is 13.1. The molecule has 1 amide bonds. The Morgan fingerprint density at radius 3 is 2.67 bits per heavy atom. The summed E-state index contributed by atoms with van der Waals surface area (Å²) < 4.78 is 1.63. The molecule has 3 rings (SSSR count). The normalized spacial score (nSPS) is 10.6. The highest BCUT2D eigenvalue weighted by Gasteiger charge is 2.13. The zero-order chi connectivity index (χ0) is 14.8. The molecule has 0 atom stereocenters. The minimum atomic E-state index is -0.243. The van der Waals surface area contributed by atoms with Crippen molar-refractivity contribution in [2.24, 2.45) is 7.05 Å². The van der Waals surface area contributed by atoms with Crippen molar-refractivity contribution in [2.75, 3.05) is 5.32 Å². The highest BCUT2D eigenvalue weighted by atomic mass is 16.2. The molecule has 2 heterocycles. The number of hydrogen-bond donors (Lipinski definition) is 2. The van der Waals surface area contributed by atoms with Crippen LogP contribution in [0.25, 0.3) is 11.3 Å². The number of hydrogen-bond acceptors (Lipinski definition) is 3. The van der Waals surface area contributed by atoms with Gasteiger partial charge >= 0.3 is 0 Å². The summed E-state index contributed by atoms with van der Waals surface area (Å²) in [5.41, 5.74) is 2.96. The zero-order valence-electron chi connectivity index (χ0n) is 11.8. The van der Waals surface area contributed by atoms with Gasteiger partial charge in [0.05, 0.1) is 11.4 Å². The fourth-order valence-electron chi connectivity index (χ4n) is 2.11. The van der Waals surface area contributed by atoms with Gasteiger partial charge in [-0.2, -0.15) is 10.2 Å². The summed E-state index contributed by atoms with van der Waals surface area (Å²) in [6.07, 6.45) is 0. The van der Waals surface area contributed by atoms with Gasteiger partial charge in [0.25, 0.3) is 5.91 Å². The second-order valence-corrected chi connectivity index (χ2v) is 4.78. The number of aryl methyl sites for hydroxylation is 2. The Balaban J connectivity index is 1.80. The summed E-state index contributed by atoms with van der Waals surface area (Å²) in [5, 5.41) is 13.9. The highest BCUT2D eigenvalue weighted by Crippen LogP contribution is 2.17. The third-order valence-corrected chi connectivity index (χ3v) is 3.14. The molecule has 0 aliphatic rings. The first-order valence-corrected chi connectivity index (χ1v) is 6.56. The molecule has 0 fully saturated rings. The third-order valence-electron chi connectivity index (χ3n) is 3.14. The van der Waals surface area contributed by atoms with Crippen molar-refractivity contribution in [2.45, 2.75) is 6.92 Å². The topological polar surface area (TPSA) is 75.6 Å². The van der Waals surface area contributed by atoms with Crippen LogP contribution in [0, 0.1) is 6.92 Å². The van der Waals surface area contributed by atoms with Gasteiger partial charge in [-0.1, -0.05) is 30.3 Å². The molecule has 21 heavy (non-hydrogen) atoms. The Morgan fingerprint density at radius 1 is 1.24 bits per heavy atom. The molecule has 0 aliphatic carbocycles. The second kappa shape index (κ2) is 5.24. The van der Waals surface area contributed by atoms with Gasteiger partial charge in [0, 0.05) is 18.7 Å². The van der Waals surface area contributed by atoms with Gasteiger partial charge in [0.1, 0.15) is 11.5 Å². The SMILES string of the molecule is Cc1cc(NC(=O)c2cc(-c3ccccc3)n[nH]2)n(C)n1. The summed E-state index contributed by atoms with van der Waals surface area (Å²) in [5.74, 6) is 0.404. The molecule has 0 saturated heterocycles. The van der Waals surface area contributed by atoms with E-state index in [9.17, 15) is 4.79 Å². The van der Waals surface area contributed by atoms with Crippen molar-refractivity contribution in [3.63, 3.8) is 0 Å². The minimum Gasteiger partial charge on any atom is -0.305 e. The van der Waals surface area contributed by atoms with Crippen molar-refractivity contribution < 1.29 is 4.79 Å². The number of nitrogens with zero attached hydrogens (tertiary/aromatic N) is 3. The number of amides is 1. The molecular weight excluding hydrogens is 266 g/mol. The molecule has 3 aromatic rings. The molecule has 6 heteroatoms. The summed E-state index contributed by atoms with van der Waals surface area (Å²) in [4.78, 5) is 12.2. The van der Waals surface area contributed by atoms with E-state index in [-0.39, 0.29) is 5.91 Å². The average molecular weight is 281 g/mol. The zero-order valence-corrected chi connectivity index (χ0v) is 11.8. The average Bonchev–Trinajstić information content (AvgIpc) is 3.07. The van der Waals surface area contributed by atoms with Crippen LogP contribution in [0.4, 0.5) is 5.82 Å². The van der Waals surface area contributed by atoms with E-state index >= 15 is 0 Å². The predicted octanol–water partition coefficient (Wildman–Crippen LogP) is 2.37. The lowest BCUT2D eigenvalue weighted by atomic mass is 10.1. The molecule has 0 unspecified atom stereocenters. The first-order chi connectivity index (χ1) is 10.1. The third kappa shape index (κ3) is 2.69. The Bertz CT molecular complexity index is 772. The van der Waals surface area contributed by atoms with Gasteiger partial charge < -0.3 is 5.32 Å². The lowest BCUT2D eigenvalue weighted by molar-refractivity contribution is 0.102. The van der Waals surface area contributed by atoms with Gasteiger partial charge in [0.15, 0.2) is 0 Å². The summed E-state index contributed by atoms with van der Waals surface area (Å²) in [6.45, 7) is 1.87. The fourth-order valence-corrected chi connectivity index (χ4v) is 2.11. The van der Waals surface area contributed by atoms with Gasteiger partial charge in [-0.15, -0.1) is 0 Å². The lowest BCUT2D eigenvalue weighted by Crippen LogP contribution is -2.14. The van der Waals surface area contributed by atoms with E-state index in [0.29, 0.717) is 11.5 Å². The fraction of sp³-hybridized carbons (Fsp3) is 0.133. The number of anilines is 1. The van der Waals surface area contributed by atoms with E-state index in [4.69, 9.17) is 0 Å². The van der Waals surface area contributed by atoms with E-state index in [1.807, 2.05) is 43.3 Å².